The largest absolute Gasteiger partial charge is 0.493 e. The molecule has 0 aliphatic rings. The van der Waals surface area contributed by atoms with Crippen molar-refractivity contribution in [1.82, 2.24) is 0 Å². The third-order valence-electron chi connectivity index (χ3n) is 2.09. The third kappa shape index (κ3) is 2.92. The topological polar surface area (TPSA) is 27.7 Å². The van der Waals surface area contributed by atoms with E-state index >= 15 is 0 Å². The number of alkyl halides is 1. The molecule has 0 radical (unpaired) electrons. The smallest absolute Gasteiger partial charge is 0.203 e. The second-order valence-electron chi connectivity index (χ2n) is 3.08. The highest BCUT2D eigenvalue weighted by atomic mass is 79.9. The van der Waals surface area contributed by atoms with Crippen LogP contribution in [-0.2, 0) is 6.42 Å². The molecule has 0 aliphatic heterocycles. The Morgan fingerprint density at radius 3 is 2.44 bits per heavy atom. The SMILES string of the molecule is C=CCc1cc(OC)c(OC)c(OCBr)c1. The molecular weight excluding hydrogens is 272 g/mol. The Bertz CT molecular complexity index is 364. The molecule has 0 aliphatic carbocycles. The predicted molar refractivity (Wildman–Crippen MR) is 67.9 cm³/mol. The fourth-order valence-corrected chi connectivity index (χ4v) is 1.68. The Hall–Kier alpha value is -1.16. The van der Waals surface area contributed by atoms with Crippen LogP contribution in [0.25, 0.3) is 0 Å². The molecular formula is C12H15BrO3. The van der Waals surface area contributed by atoms with Crippen molar-refractivity contribution in [1.29, 1.82) is 0 Å². The summed E-state index contributed by atoms with van der Waals surface area (Å²) < 4.78 is 15.9. The zero-order chi connectivity index (χ0) is 12.0. The van der Waals surface area contributed by atoms with E-state index in [1.165, 1.54) is 0 Å². The van der Waals surface area contributed by atoms with Crippen molar-refractivity contribution >= 4 is 15.9 Å². The minimum atomic E-state index is 0.407. The van der Waals surface area contributed by atoms with Gasteiger partial charge in [0.1, 0.15) is 5.52 Å². The van der Waals surface area contributed by atoms with Gasteiger partial charge in [-0.1, -0.05) is 6.08 Å². The average molecular weight is 287 g/mol. The number of ether oxygens (including phenoxy) is 3. The van der Waals surface area contributed by atoms with Gasteiger partial charge in [-0.15, -0.1) is 6.58 Å². The number of halogens is 1. The van der Waals surface area contributed by atoms with Gasteiger partial charge in [0.2, 0.25) is 5.75 Å². The highest BCUT2D eigenvalue weighted by molar-refractivity contribution is 9.09. The van der Waals surface area contributed by atoms with Gasteiger partial charge in [-0.3, -0.25) is 0 Å². The first kappa shape index (κ1) is 12.9. The fourth-order valence-electron chi connectivity index (χ4n) is 1.43. The lowest BCUT2D eigenvalue weighted by Gasteiger charge is -2.14. The van der Waals surface area contributed by atoms with Gasteiger partial charge in [0, 0.05) is 0 Å². The molecule has 88 valence electrons. The zero-order valence-corrected chi connectivity index (χ0v) is 11.0. The normalized spacial score (nSPS) is 9.69. The lowest BCUT2D eigenvalue weighted by molar-refractivity contribution is 0.319. The van der Waals surface area contributed by atoms with E-state index in [-0.39, 0.29) is 0 Å². The summed E-state index contributed by atoms with van der Waals surface area (Å²) in [6.45, 7) is 3.71. The Morgan fingerprint density at radius 1 is 1.25 bits per heavy atom. The number of rotatable bonds is 6. The van der Waals surface area contributed by atoms with Crippen LogP contribution in [0.3, 0.4) is 0 Å². The van der Waals surface area contributed by atoms with E-state index in [4.69, 9.17) is 14.2 Å². The highest BCUT2D eigenvalue weighted by Gasteiger charge is 2.12. The van der Waals surface area contributed by atoms with Crippen molar-refractivity contribution < 1.29 is 14.2 Å². The molecule has 1 aromatic rings. The summed E-state index contributed by atoms with van der Waals surface area (Å²) in [5.41, 5.74) is 1.48. The molecule has 0 unspecified atom stereocenters. The van der Waals surface area contributed by atoms with Gasteiger partial charge in [-0.2, -0.15) is 0 Å². The molecule has 0 heterocycles. The van der Waals surface area contributed by atoms with Crippen molar-refractivity contribution in [3.8, 4) is 17.2 Å². The van der Waals surface area contributed by atoms with Gasteiger partial charge in [-0.25, -0.2) is 0 Å². The van der Waals surface area contributed by atoms with Crippen LogP contribution in [0.15, 0.2) is 24.8 Å². The molecule has 0 fully saturated rings. The maximum atomic E-state index is 5.43. The molecule has 0 atom stereocenters. The fraction of sp³-hybridized carbons (Fsp3) is 0.333. The standard InChI is InChI=1S/C12H15BrO3/c1-4-5-9-6-10(14-2)12(15-3)11(7-9)16-8-13/h4,6-7H,1,5,8H2,2-3H3. The van der Waals surface area contributed by atoms with Crippen molar-refractivity contribution in [2.45, 2.75) is 6.42 Å². The van der Waals surface area contributed by atoms with Crippen LogP contribution in [0.5, 0.6) is 17.2 Å². The van der Waals surface area contributed by atoms with Gasteiger partial charge in [-0.05, 0) is 40.0 Å². The summed E-state index contributed by atoms with van der Waals surface area (Å²) in [7, 11) is 3.19. The summed E-state index contributed by atoms with van der Waals surface area (Å²) in [6.07, 6.45) is 2.60. The van der Waals surface area contributed by atoms with E-state index < -0.39 is 0 Å². The van der Waals surface area contributed by atoms with Gasteiger partial charge in [0.05, 0.1) is 14.2 Å². The number of hydrogen-bond donors (Lipinski definition) is 0. The lowest BCUT2D eigenvalue weighted by atomic mass is 10.1. The molecule has 4 heteroatoms. The minimum Gasteiger partial charge on any atom is -0.493 e. The highest BCUT2D eigenvalue weighted by Crippen LogP contribution is 2.38. The van der Waals surface area contributed by atoms with Crippen LogP contribution in [-0.4, -0.2) is 19.7 Å². The van der Waals surface area contributed by atoms with Crippen molar-refractivity contribution in [3.05, 3.63) is 30.4 Å². The third-order valence-corrected chi connectivity index (χ3v) is 2.32. The first-order valence-corrected chi connectivity index (χ1v) is 5.93. The van der Waals surface area contributed by atoms with Gasteiger partial charge in [0.15, 0.2) is 11.5 Å². The van der Waals surface area contributed by atoms with E-state index in [0.717, 1.165) is 12.0 Å². The van der Waals surface area contributed by atoms with Gasteiger partial charge in [0.25, 0.3) is 0 Å². The second kappa shape index (κ2) is 6.43. The first-order valence-electron chi connectivity index (χ1n) is 4.81. The van der Waals surface area contributed by atoms with E-state index in [1.807, 2.05) is 18.2 Å². The molecule has 0 spiro atoms. The Labute approximate surface area is 104 Å². The summed E-state index contributed by atoms with van der Waals surface area (Å²) in [4.78, 5) is 0. The average Bonchev–Trinajstić information content (AvgIpc) is 2.29. The molecule has 16 heavy (non-hydrogen) atoms. The van der Waals surface area contributed by atoms with Crippen LogP contribution in [0.2, 0.25) is 0 Å². The summed E-state index contributed by atoms with van der Waals surface area (Å²) in [5.74, 6) is 1.93. The summed E-state index contributed by atoms with van der Waals surface area (Å²) >= 11 is 3.22. The van der Waals surface area contributed by atoms with Crippen LogP contribution in [0, 0.1) is 0 Å². The van der Waals surface area contributed by atoms with E-state index in [9.17, 15) is 0 Å². The monoisotopic (exact) mass is 286 g/mol. The molecule has 1 rings (SSSR count). The van der Waals surface area contributed by atoms with Crippen LogP contribution < -0.4 is 14.2 Å². The van der Waals surface area contributed by atoms with Gasteiger partial charge < -0.3 is 14.2 Å². The number of methoxy groups -OCH3 is 2. The van der Waals surface area contributed by atoms with Crippen LogP contribution in [0.4, 0.5) is 0 Å². The quantitative estimate of drug-likeness (QED) is 0.594. The summed E-state index contributed by atoms with van der Waals surface area (Å²) in [5, 5.41) is 0. The molecule has 0 amide bonds. The zero-order valence-electron chi connectivity index (χ0n) is 9.46. The Morgan fingerprint density at radius 2 is 1.94 bits per heavy atom. The van der Waals surface area contributed by atoms with Crippen LogP contribution in [0.1, 0.15) is 5.56 Å². The van der Waals surface area contributed by atoms with Crippen molar-refractivity contribution in [3.63, 3.8) is 0 Å². The molecule has 0 N–H and O–H groups in total. The Balaban J connectivity index is 3.19. The predicted octanol–water partition coefficient (Wildman–Crippen LogP) is 3.16. The summed E-state index contributed by atoms with van der Waals surface area (Å²) in [6, 6.07) is 3.84. The molecule has 3 nitrogen and oxygen atoms in total. The molecule has 0 bridgehead atoms. The maximum absolute atomic E-state index is 5.43. The molecule has 0 saturated carbocycles. The number of hydrogen-bond acceptors (Lipinski definition) is 3. The van der Waals surface area contributed by atoms with E-state index in [1.54, 1.807) is 14.2 Å². The first-order chi connectivity index (χ1) is 7.76. The molecule has 0 saturated heterocycles. The van der Waals surface area contributed by atoms with E-state index in [2.05, 4.69) is 22.5 Å². The number of allylic oxidation sites excluding steroid dienone is 1. The Kier molecular flexibility index (Phi) is 5.19. The minimum absolute atomic E-state index is 0.407. The maximum Gasteiger partial charge on any atom is 0.203 e. The van der Waals surface area contributed by atoms with Gasteiger partial charge >= 0.3 is 0 Å². The van der Waals surface area contributed by atoms with Crippen LogP contribution >= 0.6 is 15.9 Å². The molecule has 0 aromatic heterocycles. The second-order valence-corrected chi connectivity index (χ2v) is 3.53. The van der Waals surface area contributed by atoms with E-state index in [0.29, 0.717) is 22.8 Å². The molecule has 1 aromatic carbocycles. The lowest BCUT2D eigenvalue weighted by Crippen LogP contribution is -1.98. The number of benzene rings is 1. The van der Waals surface area contributed by atoms with Crippen molar-refractivity contribution in [2.75, 3.05) is 19.7 Å². The van der Waals surface area contributed by atoms with Crippen molar-refractivity contribution in [2.24, 2.45) is 0 Å².